The van der Waals surface area contributed by atoms with Crippen molar-refractivity contribution in [3.63, 3.8) is 0 Å². The highest BCUT2D eigenvalue weighted by Gasteiger charge is 2.25. The molecule has 2 aromatic carbocycles. The van der Waals surface area contributed by atoms with Crippen LogP contribution in [0.5, 0.6) is 5.75 Å². The number of hydrogen-bond donors (Lipinski definition) is 1. The van der Waals surface area contributed by atoms with Crippen LogP contribution in [0.2, 0.25) is 0 Å². The molecule has 5 aromatic rings. The predicted molar refractivity (Wildman–Crippen MR) is 130 cm³/mol. The number of thiazole rings is 1. The van der Waals surface area contributed by atoms with Gasteiger partial charge in [0.1, 0.15) is 16.5 Å². The number of ether oxygens (including phenoxy) is 1. The zero-order valence-corrected chi connectivity index (χ0v) is 18.5. The van der Waals surface area contributed by atoms with Gasteiger partial charge in [-0.3, -0.25) is 4.79 Å². The molecule has 0 unspecified atom stereocenters. The molecule has 0 saturated heterocycles. The van der Waals surface area contributed by atoms with Crippen molar-refractivity contribution in [3.8, 4) is 27.6 Å². The highest BCUT2D eigenvalue weighted by atomic mass is 32.1. The monoisotopic (exact) mass is 439 g/mol. The van der Waals surface area contributed by atoms with E-state index in [1.807, 2.05) is 34.2 Å². The number of ketones is 1. The quantitative estimate of drug-likeness (QED) is 0.348. The first-order valence-corrected chi connectivity index (χ1v) is 11.0. The van der Waals surface area contributed by atoms with Crippen molar-refractivity contribution in [3.05, 3.63) is 95.1 Å². The second-order valence-corrected chi connectivity index (χ2v) is 8.41. The summed E-state index contributed by atoms with van der Waals surface area (Å²) in [7, 11) is 1.60. The summed E-state index contributed by atoms with van der Waals surface area (Å²) in [6, 6.07) is 21.1. The van der Waals surface area contributed by atoms with Gasteiger partial charge in [0.2, 0.25) is 5.78 Å². The molecule has 32 heavy (non-hydrogen) atoms. The number of benzene rings is 2. The zero-order valence-electron chi connectivity index (χ0n) is 17.7. The number of carbonyl (C=O) groups is 1. The molecule has 0 aliphatic heterocycles. The molecule has 6 heteroatoms. The van der Waals surface area contributed by atoms with Crippen molar-refractivity contribution >= 4 is 28.3 Å². The topological polar surface area (TPSA) is 69.6 Å². The largest absolute Gasteiger partial charge is 0.497 e. The average molecular weight is 440 g/mol. The number of rotatable bonds is 5. The first-order chi connectivity index (χ1) is 15.6. The van der Waals surface area contributed by atoms with Gasteiger partial charge in [-0.1, -0.05) is 35.9 Å². The van der Waals surface area contributed by atoms with Crippen LogP contribution >= 0.6 is 11.3 Å². The summed E-state index contributed by atoms with van der Waals surface area (Å²) >= 11 is 1.52. The molecule has 0 radical (unpaired) electrons. The number of carbonyl (C=O) groups excluding carboxylic acids is 1. The van der Waals surface area contributed by atoms with Crippen LogP contribution < -0.4 is 10.5 Å². The number of nitrogens with two attached hydrogens (primary N) is 1. The molecular weight excluding hydrogens is 418 g/mol. The lowest BCUT2D eigenvalue weighted by Crippen LogP contribution is -2.08. The molecule has 0 aliphatic carbocycles. The van der Waals surface area contributed by atoms with Gasteiger partial charge < -0.3 is 14.9 Å². The predicted octanol–water partition coefficient (Wildman–Crippen LogP) is 5.86. The third-order valence-electron chi connectivity index (χ3n) is 5.51. The van der Waals surface area contributed by atoms with Crippen molar-refractivity contribution in [1.29, 1.82) is 0 Å². The average Bonchev–Trinajstić information content (AvgIpc) is 3.41. The molecule has 0 amide bonds. The summed E-state index contributed by atoms with van der Waals surface area (Å²) in [6.07, 6.45) is 1.86. The van der Waals surface area contributed by atoms with Crippen molar-refractivity contribution < 1.29 is 9.53 Å². The Kier molecular flexibility index (Phi) is 4.99. The van der Waals surface area contributed by atoms with Crippen molar-refractivity contribution in [2.45, 2.75) is 6.92 Å². The van der Waals surface area contributed by atoms with Gasteiger partial charge in [-0.25, -0.2) is 4.98 Å². The summed E-state index contributed by atoms with van der Waals surface area (Å²) in [5.74, 6) is 0.551. The number of aromatic nitrogens is 2. The van der Waals surface area contributed by atoms with Crippen LogP contribution in [0.4, 0.5) is 5.69 Å². The molecule has 0 bridgehead atoms. The van der Waals surface area contributed by atoms with Gasteiger partial charge in [-0.15, -0.1) is 11.3 Å². The van der Waals surface area contributed by atoms with E-state index in [-0.39, 0.29) is 5.78 Å². The minimum Gasteiger partial charge on any atom is -0.497 e. The molecule has 0 fully saturated rings. The van der Waals surface area contributed by atoms with Crippen molar-refractivity contribution in [1.82, 2.24) is 9.38 Å². The number of methoxy groups -OCH3 is 1. The molecule has 0 atom stereocenters. The molecule has 3 heterocycles. The lowest BCUT2D eigenvalue weighted by molar-refractivity contribution is 0.103. The van der Waals surface area contributed by atoms with E-state index in [4.69, 9.17) is 15.5 Å². The molecule has 158 valence electrons. The second-order valence-electron chi connectivity index (χ2n) is 7.55. The number of nitrogen functional groups attached to an aromatic ring is 1. The molecule has 0 spiro atoms. The fourth-order valence-corrected chi connectivity index (χ4v) is 4.70. The Morgan fingerprint density at radius 2 is 1.78 bits per heavy atom. The Hall–Kier alpha value is -3.90. The van der Waals surface area contributed by atoms with E-state index in [1.165, 1.54) is 16.9 Å². The Labute approximate surface area is 189 Å². The maximum Gasteiger partial charge on any atom is 0.211 e. The van der Waals surface area contributed by atoms with Gasteiger partial charge in [-0.05, 0) is 43.3 Å². The van der Waals surface area contributed by atoms with Gasteiger partial charge in [0.25, 0.3) is 0 Å². The van der Waals surface area contributed by atoms with E-state index in [9.17, 15) is 4.79 Å². The molecule has 3 aromatic heterocycles. The molecule has 5 nitrogen and oxygen atoms in total. The smallest absolute Gasteiger partial charge is 0.211 e. The standard InChI is InChI=1S/C26H21N3O2S/c1-16-6-8-17(9-7-16)20-15-32-26(28-20)22-21-5-3-4-14-29(21)24(23(22)27)25(30)18-10-12-19(31-2)13-11-18/h3-15H,27H2,1-2H3. The van der Waals surface area contributed by atoms with Gasteiger partial charge in [0.05, 0.1) is 29.6 Å². The lowest BCUT2D eigenvalue weighted by Gasteiger charge is -2.05. The van der Waals surface area contributed by atoms with Crippen LogP contribution in [0.1, 0.15) is 21.6 Å². The van der Waals surface area contributed by atoms with E-state index in [0.717, 1.165) is 27.3 Å². The summed E-state index contributed by atoms with van der Waals surface area (Å²) in [4.78, 5) is 18.3. The Balaban J connectivity index is 1.63. The molecule has 0 saturated carbocycles. The van der Waals surface area contributed by atoms with Crippen LogP contribution in [0.15, 0.2) is 78.3 Å². The second kappa shape index (κ2) is 7.98. The van der Waals surface area contributed by atoms with E-state index in [1.54, 1.807) is 31.4 Å². The maximum absolute atomic E-state index is 13.4. The van der Waals surface area contributed by atoms with Crippen LogP contribution in [0.25, 0.3) is 27.3 Å². The highest BCUT2D eigenvalue weighted by molar-refractivity contribution is 7.13. The number of hydrogen-bond acceptors (Lipinski definition) is 5. The number of anilines is 1. The minimum absolute atomic E-state index is 0.145. The molecular formula is C26H21N3O2S. The van der Waals surface area contributed by atoms with Crippen LogP contribution in [-0.4, -0.2) is 22.3 Å². The van der Waals surface area contributed by atoms with Gasteiger partial charge in [-0.2, -0.15) is 0 Å². The van der Waals surface area contributed by atoms with E-state index in [0.29, 0.717) is 22.7 Å². The van der Waals surface area contributed by atoms with Gasteiger partial charge in [0.15, 0.2) is 0 Å². The maximum atomic E-state index is 13.4. The number of pyridine rings is 1. The van der Waals surface area contributed by atoms with E-state index in [2.05, 4.69) is 31.2 Å². The molecule has 0 aliphatic rings. The van der Waals surface area contributed by atoms with Crippen LogP contribution in [-0.2, 0) is 0 Å². The third-order valence-corrected chi connectivity index (χ3v) is 6.37. The Morgan fingerprint density at radius 3 is 2.50 bits per heavy atom. The van der Waals surface area contributed by atoms with Crippen LogP contribution in [0.3, 0.4) is 0 Å². The Morgan fingerprint density at radius 1 is 1.03 bits per heavy atom. The van der Waals surface area contributed by atoms with Crippen LogP contribution in [0, 0.1) is 6.92 Å². The Bertz CT molecular complexity index is 1430. The third kappa shape index (κ3) is 3.35. The van der Waals surface area contributed by atoms with Crippen molar-refractivity contribution in [2.24, 2.45) is 0 Å². The summed E-state index contributed by atoms with van der Waals surface area (Å²) < 4.78 is 7.06. The van der Waals surface area contributed by atoms with Gasteiger partial charge >= 0.3 is 0 Å². The van der Waals surface area contributed by atoms with E-state index < -0.39 is 0 Å². The normalized spacial score (nSPS) is 11.1. The summed E-state index contributed by atoms with van der Waals surface area (Å²) in [6.45, 7) is 2.06. The van der Waals surface area contributed by atoms with E-state index >= 15 is 0 Å². The van der Waals surface area contributed by atoms with Gasteiger partial charge in [0, 0.05) is 22.7 Å². The van der Waals surface area contributed by atoms with Crippen molar-refractivity contribution in [2.75, 3.05) is 12.8 Å². The number of fused-ring (bicyclic) bond motifs is 1. The number of nitrogens with zero attached hydrogens (tertiary/aromatic N) is 2. The first-order valence-electron chi connectivity index (χ1n) is 10.2. The highest BCUT2D eigenvalue weighted by Crippen LogP contribution is 2.39. The fourth-order valence-electron chi connectivity index (χ4n) is 3.81. The minimum atomic E-state index is -0.145. The fraction of sp³-hybridized carbons (Fsp3) is 0.0769. The lowest BCUT2D eigenvalue weighted by atomic mass is 10.1. The SMILES string of the molecule is COc1ccc(C(=O)c2c(N)c(-c3nc(-c4ccc(C)cc4)cs3)c3ccccn23)cc1. The zero-order chi connectivity index (χ0) is 22.2. The molecule has 2 N–H and O–H groups in total. The summed E-state index contributed by atoms with van der Waals surface area (Å²) in [5.41, 5.74) is 12.8. The first kappa shape index (κ1) is 20.0. The molecule has 5 rings (SSSR count). The number of aryl methyl sites for hydroxylation is 1. The summed E-state index contributed by atoms with van der Waals surface area (Å²) in [5, 5.41) is 2.81.